The van der Waals surface area contributed by atoms with Crippen LogP contribution in [0.3, 0.4) is 0 Å². The minimum Gasteiger partial charge on any atom is -0.303 e. The molecule has 87 valence electrons. The number of likely N-dealkylation sites (N-methyl/N-ethyl adjacent to an activating group) is 1. The first-order chi connectivity index (χ1) is 7.65. The molecule has 1 nitrogen and oxygen atoms in total. The van der Waals surface area contributed by atoms with Crippen LogP contribution in [0.2, 0.25) is 5.02 Å². The van der Waals surface area contributed by atoms with E-state index >= 15 is 0 Å². The Hall–Kier alpha value is -0.600. The lowest BCUT2D eigenvalue weighted by molar-refractivity contribution is 0.212. The van der Waals surface area contributed by atoms with Gasteiger partial charge in [-0.1, -0.05) is 18.0 Å². The second kappa shape index (κ2) is 5.15. The molecule has 1 fully saturated rings. The van der Waals surface area contributed by atoms with Gasteiger partial charge < -0.3 is 4.90 Å². The summed E-state index contributed by atoms with van der Waals surface area (Å²) < 4.78 is 13.2. The van der Waals surface area contributed by atoms with Crippen molar-refractivity contribution in [3.8, 4) is 0 Å². The van der Waals surface area contributed by atoms with E-state index < -0.39 is 0 Å². The first kappa shape index (κ1) is 11.9. The second-order valence-electron chi connectivity index (χ2n) is 4.41. The van der Waals surface area contributed by atoms with Gasteiger partial charge in [0.05, 0.1) is 0 Å². The minimum absolute atomic E-state index is 0.266. The summed E-state index contributed by atoms with van der Waals surface area (Å²) in [6.45, 7) is 1.12. The van der Waals surface area contributed by atoms with Crippen LogP contribution in [-0.4, -0.2) is 24.5 Å². The summed E-state index contributed by atoms with van der Waals surface area (Å²) in [5.41, 5.74) is 0.878. The maximum absolute atomic E-state index is 13.2. The van der Waals surface area contributed by atoms with Crippen molar-refractivity contribution in [2.75, 3.05) is 13.6 Å². The molecule has 1 aromatic rings. The molecule has 1 saturated heterocycles. The van der Waals surface area contributed by atoms with Gasteiger partial charge in [0.15, 0.2) is 0 Å². The Morgan fingerprint density at radius 1 is 1.38 bits per heavy atom. The van der Waals surface area contributed by atoms with Crippen molar-refractivity contribution in [3.63, 3.8) is 0 Å². The molecule has 0 aliphatic carbocycles. The molecule has 0 N–H and O–H groups in total. The van der Waals surface area contributed by atoms with Crippen LogP contribution < -0.4 is 0 Å². The zero-order valence-corrected chi connectivity index (χ0v) is 10.2. The van der Waals surface area contributed by atoms with E-state index in [2.05, 4.69) is 18.4 Å². The highest BCUT2D eigenvalue weighted by Crippen LogP contribution is 2.23. The second-order valence-corrected chi connectivity index (χ2v) is 4.85. The van der Waals surface area contributed by atoms with Crippen LogP contribution >= 0.6 is 11.6 Å². The fraction of sp³-hybridized carbons (Fsp3) is 0.462. The molecule has 16 heavy (non-hydrogen) atoms. The molecule has 0 saturated carbocycles. The van der Waals surface area contributed by atoms with Crippen molar-refractivity contribution in [1.29, 1.82) is 0 Å². The van der Waals surface area contributed by atoms with Crippen LogP contribution in [-0.2, 0) is 0 Å². The van der Waals surface area contributed by atoms with Gasteiger partial charge in [0.1, 0.15) is 5.82 Å². The van der Waals surface area contributed by atoms with Crippen LogP contribution in [0, 0.1) is 12.2 Å². The number of halogens is 2. The summed E-state index contributed by atoms with van der Waals surface area (Å²) in [4.78, 5) is 2.31. The van der Waals surface area contributed by atoms with Crippen LogP contribution in [0.25, 0.3) is 0 Å². The van der Waals surface area contributed by atoms with Gasteiger partial charge in [-0.25, -0.2) is 4.39 Å². The quantitative estimate of drug-likeness (QED) is 0.765. The van der Waals surface area contributed by atoms with Crippen LogP contribution in [0.5, 0.6) is 0 Å². The smallest absolute Gasteiger partial charge is 0.124 e. The molecular formula is C13H16ClFN. The van der Waals surface area contributed by atoms with Crippen molar-refractivity contribution in [1.82, 2.24) is 4.90 Å². The monoisotopic (exact) mass is 240 g/mol. The van der Waals surface area contributed by atoms with E-state index in [0.717, 1.165) is 18.5 Å². The molecule has 1 unspecified atom stereocenters. The van der Waals surface area contributed by atoms with E-state index in [1.165, 1.54) is 25.0 Å². The van der Waals surface area contributed by atoms with Crippen LogP contribution in [0.1, 0.15) is 24.8 Å². The number of rotatable bonds is 2. The SMILES string of the molecule is CN1CCCCC1[CH]c1cc(F)cc(Cl)c1. The number of likely N-dealkylation sites (tertiary alicyclic amines) is 1. The molecule has 0 spiro atoms. The van der Waals surface area contributed by atoms with E-state index in [4.69, 9.17) is 11.6 Å². The molecule has 1 heterocycles. The molecule has 1 aliphatic rings. The summed E-state index contributed by atoms with van der Waals surface area (Å²) in [7, 11) is 2.11. The number of nitrogens with zero attached hydrogens (tertiary/aromatic N) is 1. The van der Waals surface area contributed by atoms with Crippen LogP contribution in [0.15, 0.2) is 18.2 Å². The summed E-state index contributed by atoms with van der Waals surface area (Å²) in [6, 6.07) is 5.09. The van der Waals surface area contributed by atoms with Gasteiger partial charge in [-0.05, 0) is 50.2 Å². The lowest BCUT2D eigenvalue weighted by Gasteiger charge is -2.32. The molecule has 2 rings (SSSR count). The third kappa shape index (κ3) is 2.96. The Bertz CT molecular complexity index is 347. The van der Waals surface area contributed by atoms with Gasteiger partial charge in [0.25, 0.3) is 0 Å². The predicted octanol–water partition coefficient (Wildman–Crippen LogP) is 3.52. The zero-order valence-electron chi connectivity index (χ0n) is 9.42. The largest absolute Gasteiger partial charge is 0.303 e. The minimum atomic E-state index is -0.266. The molecule has 1 aromatic carbocycles. The highest BCUT2D eigenvalue weighted by Gasteiger charge is 2.19. The topological polar surface area (TPSA) is 3.24 Å². The normalized spacial score (nSPS) is 22.3. The molecule has 1 radical (unpaired) electrons. The Labute approximate surface area is 101 Å². The van der Waals surface area contributed by atoms with E-state index in [1.807, 2.05) is 6.07 Å². The average molecular weight is 241 g/mol. The highest BCUT2D eigenvalue weighted by atomic mass is 35.5. The first-order valence-corrected chi connectivity index (χ1v) is 6.04. The lowest BCUT2D eigenvalue weighted by Crippen LogP contribution is -2.36. The Morgan fingerprint density at radius 2 is 2.19 bits per heavy atom. The van der Waals surface area contributed by atoms with Gasteiger partial charge >= 0.3 is 0 Å². The molecule has 1 aliphatic heterocycles. The fourth-order valence-electron chi connectivity index (χ4n) is 2.21. The number of hydrogen-bond acceptors (Lipinski definition) is 1. The number of piperidine rings is 1. The molecule has 3 heteroatoms. The fourth-order valence-corrected chi connectivity index (χ4v) is 2.44. The van der Waals surface area contributed by atoms with Gasteiger partial charge in [0.2, 0.25) is 0 Å². The summed E-state index contributed by atoms with van der Waals surface area (Å²) >= 11 is 5.83. The van der Waals surface area contributed by atoms with E-state index in [-0.39, 0.29) is 5.82 Å². The van der Waals surface area contributed by atoms with Gasteiger partial charge in [-0.15, -0.1) is 0 Å². The Kier molecular flexibility index (Phi) is 3.82. The van der Waals surface area contributed by atoms with E-state index in [9.17, 15) is 4.39 Å². The highest BCUT2D eigenvalue weighted by molar-refractivity contribution is 6.30. The number of benzene rings is 1. The van der Waals surface area contributed by atoms with Crippen molar-refractivity contribution in [3.05, 3.63) is 41.0 Å². The molecule has 1 atom stereocenters. The molecular weight excluding hydrogens is 225 g/mol. The molecule has 0 bridgehead atoms. The third-order valence-electron chi connectivity index (χ3n) is 3.10. The Balaban J connectivity index is 2.07. The van der Waals surface area contributed by atoms with Crippen molar-refractivity contribution in [2.45, 2.75) is 25.3 Å². The third-order valence-corrected chi connectivity index (χ3v) is 3.31. The lowest BCUT2D eigenvalue weighted by atomic mass is 9.96. The van der Waals surface area contributed by atoms with Gasteiger partial charge in [-0.3, -0.25) is 0 Å². The average Bonchev–Trinajstić information content (AvgIpc) is 2.20. The summed E-state index contributed by atoms with van der Waals surface area (Å²) in [5, 5.41) is 0.463. The maximum atomic E-state index is 13.2. The van der Waals surface area contributed by atoms with E-state index in [1.54, 1.807) is 0 Å². The Morgan fingerprint density at radius 3 is 2.88 bits per heavy atom. The maximum Gasteiger partial charge on any atom is 0.124 e. The summed E-state index contributed by atoms with van der Waals surface area (Å²) in [5.74, 6) is -0.266. The van der Waals surface area contributed by atoms with Crippen molar-refractivity contribution >= 4 is 11.6 Å². The molecule has 0 aromatic heterocycles. The standard InChI is InChI=1S/C13H16ClFN/c1-16-5-3-2-4-13(16)8-10-6-11(14)9-12(15)7-10/h6-9,13H,2-5H2,1H3. The number of hydrogen-bond donors (Lipinski definition) is 0. The van der Waals surface area contributed by atoms with Gasteiger partial charge in [0, 0.05) is 17.5 Å². The first-order valence-electron chi connectivity index (χ1n) is 5.66. The van der Waals surface area contributed by atoms with E-state index in [0.29, 0.717) is 11.1 Å². The predicted molar refractivity (Wildman–Crippen MR) is 65.1 cm³/mol. The van der Waals surface area contributed by atoms with Crippen LogP contribution in [0.4, 0.5) is 4.39 Å². The molecule has 0 amide bonds. The van der Waals surface area contributed by atoms with Crippen molar-refractivity contribution in [2.24, 2.45) is 0 Å². The van der Waals surface area contributed by atoms with Crippen molar-refractivity contribution < 1.29 is 4.39 Å². The van der Waals surface area contributed by atoms with Gasteiger partial charge in [-0.2, -0.15) is 0 Å². The summed E-state index contributed by atoms with van der Waals surface area (Å²) in [6.07, 6.45) is 5.75. The zero-order chi connectivity index (χ0) is 11.5.